The number of carbonyl (C=O) groups excluding carboxylic acids is 1. The zero-order chi connectivity index (χ0) is 5.70. The molecule has 0 amide bonds. The molecule has 0 fully saturated rings. The van der Waals surface area contributed by atoms with Gasteiger partial charge in [-0.15, -0.1) is 23.2 Å². The second kappa shape index (κ2) is 4.13. The Balaban J connectivity index is 3.13. The van der Waals surface area contributed by atoms with E-state index < -0.39 is 4.84 Å². The third-order valence-corrected chi connectivity index (χ3v) is 0.570. The van der Waals surface area contributed by atoms with Gasteiger partial charge in [-0.2, -0.15) is 0 Å². The number of halogens is 2. The van der Waals surface area contributed by atoms with Crippen molar-refractivity contribution in [3.63, 3.8) is 0 Å². The summed E-state index contributed by atoms with van der Waals surface area (Å²) in [7, 11) is 0. The van der Waals surface area contributed by atoms with Crippen molar-refractivity contribution in [1.82, 2.24) is 0 Å². The molecule has 0 N–H and O–H groups in total. The van der Waals surface area contributed by atoms with E-state index in [-0.39, 0.29) is 6.54 Å². The van der Waals surface area contributed by atoms with Gasteiger partial charge in [0.25, 0.3) is 0 Å². The van der Waals surface area contributed by atoms with Crippen molar-refractivity contribution in [1.29, 1.82) is 0 Å². The molecule has 0 rings (SSSR count). The summed E-state index contributed by atoms with van der Waals surface area (Å²) in [6.45, 7) is 0.132. The number of nitrogens with zero attached hydrogens (tertiary/aromatic N) is 1. The normalized spacial score (nSPS) is 8.43. The maximum atomic E-state index is 9.30. The smallest absolute Gasteiger partial charge is 0.211 e. The summed E-state index contributed by atoms with van der Waals surface area (Å²) >= 11 is 10.3. The van der Waals surface area contributed by atoms with E-state index in [0.29, 0.717) is 0 Å². The zero-order valence-corrected chi connectivity index (χ0v) is 4.91. The van der Waals surface area contributed by atoms with Crippen LogP contribution in [0.3, 0.4) is 0 Å². The number of isocyanates is 1. The Morgan fingerprint density at radius 2 is 2.29 bits per heavy atom. The van der Waals surface area contributed by atoms with Gasteiger partial charge in [0.15, 0.2) is 0 Å². The number of rotatable bonds is 2. The van der Waals surface area contributed by atoms with Gasteiger partial charge in [-0.25, -0.2) is 9.79 Å². The first-order valence-corrected chi connectivity index (χ1v) is 2.46. The Hall–Kier alpha value is -0.0400. The quantitative estimate of drug-likeness (QED) is 0.321. The van der Waals surface area contributed by atoms with Crippen LogP contribution in [0.1, 0.15) is 0 Å². The molecule has 0 saturated carbocycles. The predicted octanol–water partition coefficient (Wildman–Crippen LogP) is 1.13. The molecule has 0 aromatic heterocycles. The maximum Gasteiger partial charge on any atom is 0.235 e. The van der Waals surface area contributed by atoms with E-state index in [1.54, 1.807) is 0 Å². The lowest BCUT2D eigenvalue weighted by molar-refractivity contribution is 0.563. The fraction of sp³-hybridized carbons (Fsp3) is 0.667. The van der Waals surface area contributed by atoms with E-state index in [1.165, 1.54) is 6.08 Å². The first-order chi connectivity index (χ1) is 3.27. The molecule has 0 radical (unpaired) electrons. The number of hydrogen-bond acceptors (Lipinski definition) is 2. The van der Waals surface area contributed by atoms with Crippen LogP contribution in [0, 0.1) is 0 Å². The second-order valence-electron chi connectivity index (χ2n) is 0.823. The van der Waals surface area contributed by atoms with E-state index in [9.17, 15) is 4.79 Å². The third kappa shape index (κ3) is 5.96. The van der Waals surface area contributed by atoms with Crippen LogP contribution in [-0.2, 0) is 4.79 Å². The van der Waals surface area contributed by atoms with Gasteiger partial charge in [0.05, 0.1) is 6.54 Å². The molecule has 0 unspecified atom stereocenters. The average Bonchev–Trinajstić information content (AvgIpc) is 1.61. The molecule has 0 atom stereocenters. The van der Waals surface area contributed by atoms with E-state index in [2.05, 4.69) is 4.99 Å². The van der Waals surface area contributed by atoms with E-state index in [0.717, 1.165) is 0 Å². The molecule has 4 heteroatoms. The minimum Gasteiger partial charge on any atom is -0.211 e. The molecule has 7 heavy (non-hydrogen) atoms. The van der Waals surface area contributed by atoms with Crippen molar-refractivity contribution in [3.05, 3.63) is 0 Å². The molecule has 0 bridgehead atoms. The average molecular weight is 140 g/mol. The summed E-state index contributed by atoms with van der Waals surface area (Å²) in [5, 5.41) is 0. The summed E-state index contributed by atoms with van der Waals surface area (Å²) in [4.78, 5) is 11.8. The molecular weight excluding hydrogens is 137 g/mol. The largest absolute Gasteiger partial charge is 0.235 e. The molecule has 2 nitrogen and oxygen atoms in total. The monoisotopic (exact) mass is 139 g/mol. The molecule has 0 aromatic rings. The summed E-state index contributed by atoms with van der Waals surface area (Å²) in [6, 6.07) is 0. The Morgan fingerprint density at radius 1 is 1.71 bits per heavy atom. The van der Waals surface area contributed by atoms with Crippen molar-refractivity contribution in [2.45, 2.75) is 4.84 Å². The molecular formula is C3H3Cl2NO. The van der Waals surface area contributed by atoms with Gasteiger partial charge in [-0.3, -0.25) is 0 Å². The summed E-state index contributed by atoms with van der Waals surface area (Å²) in [5.74, 6) is 0. The molecule has 0 saturated heterocycles. The SMILES string of the molecule is O=C=NCC(Cl)Cl. The topological polar surface area (TPSA) is 29.4 Å². The first-order valence-electron chi connectivity index (χ1n) is 1.59. The minimum atomic E-state index is -0.582. The van der Waals surface area contributed by atoms with Crippen molar-refractivity contribution < 1.29 is 4.79 Å². The second-order valence-corrected chi connectivity index (χ2v) is 2.10. The van der Waals surface area contributed by atoms with Crippen LogP contribution < -0.4 is 0 Å². The zero-order valence-electron chi connectivity index (χ0n) is 3.40. The van der Waals surface area contributed by atoms with Crippen molar-refractivity contribution in [2.75, 3.05) is 6.54 Å². The van der Waals surface area contributed by atoms with Crippen LogP contribution in [0.4, 0.5) is 0 Å². The van der Waals surface area contributed by atoms with Gasteiger partial charge in [0.2, 0.25) is 6.08 Å². The number of hydrogen-bond donors (Lipinski definition) is 0. The van der Waals surface area contributed by atoms with Crippen molar-refractivity contribution in [2.24, 2.45) is 4.99 Å². The third-order valence-electron chi connectivity index (χ3n) is 0.294. The van der Waals surface area contributed by atoms with Gasteiger partial charge in [-0.1, -0.05) is 0 Å². The Labute approximate surface area is 51.1 Å². The van der Waals surface area contributed by atoms with E-state index in [1.807, 2.05) is 0 Å². The van der Waals surface area contributed by atoms with Crippen LogP contribution in [-0.4, -0.2) is 17.5 Å². The first kappa shape index (κ1) is 6.96. The molecule has 40 valence electrons. The van der Waals surface area contributed by atoms with Crippen LogP contribution >= 0.6 is 23.2 Å². The van der Waals surface area contributed by atoms with Gasteiger partial charge in [0, 0.05) is 0 Å². The van der Waals surface area contributed by atoms with Crippen LogP contribution in [0.5, 0.6) is 0 Å². The molecule has 0 aliphatic carbocycles. The summed E-state index contributed by atoms with van der Waals surface area (Å²) in [6.07, 6.45) is 1.31. The lowest BCUT2D eigenvalue weighted by Gasteiger charge is -1.85. The standard InChI is InChI=1S/C3H3Cl2NO/c4-3(5)1-6-2-7/h3H,1H2. The fourth-order valence-corrected chi connectivity index (χ4v) is 0.244. The lowest BCUT2D eigenvalue weighted by atomic mass is 10.8. The van der Waals surface area contributed by atoms with E-state index in [4.69, 9.17) is 23.2 Å². The molecule has 0 aliphatic rings. The Bertz CT molecular complexity index is 86.9. The van der Waals surface area contributed by atoms with Gasteiger partial charge < -0.3 is 0 Å². The van der Waals surface area contributed by atoms with Crippen LogP contribution in [0.2, 0.25) is 0 Å². The minimum absolute atomic E-state index is 0.132. The maximum absolute atomic E-state index is 9.30. The number of aliphatic imine (C=N–C) groups is 1. The van der Waals surface area contributed by atoms with Crippen LogP contribution in [0.25, 0.3) is 0 Å². The predicted molar refractivity (Wildman–Crippen MR) is 28.5 cm³/mol. The Morgan fingerprint density at radius 3 is 2.43 bits per heavy atom. The highest BCUT2D eigenvalue weighted by Crippen LogP contribution is 1.99. The lowest BCUT2D eigenvalue weighted by Crippen LogP contribution is -1.89. The molecule has 0 spiro atoms. The molecule has 0 aliphatic heterocycles. The summed E-state index contributed by atoms with van der Waals surface area (Å²) < 4.78 is 0. The van der Waals surface area contributed by atoms with Crippen molar-refractivity contribution >= 4 is 29.3 Å². The van der Waals surface area contributed by atoms with Crippen molar-refractivity contribution in [3.8, 4) is 0 Å². The Kier molecular flexibility index (Phi) is 4.10. The fourth-order valence-electron chi connectivity index (χ4n) is 0.106. The highest BCUT2D eigenvalue weighted by Gasteiger charge is 1.91. The van der Waals surface area contributed by atoms with Gasteiger partial charge in [-0.05, 0) is 0 Å². The summed E-state index contributed by atoms with van der Waals surface area (Å²) in [5.41, 5.74) is 0. The van der Waals surface area contributed by atoms with Gasteiger partial charge >= 0.3 is 0 Å². The van der Waals surface area contributed by atoms with E-state index >= 15 is 0 Å². The van der Waals surface area contributed by atoms with Crippen LogP contribution in [0.15, 0.2) is 4.99 Å². The number of alkyl halides is 2. The van der Waals surface area contributed by atoms with Gasteiger partial charge in [0.1, 0.15) is 4.84 Å². The molecule has 0 aromatic carbocycles. The highest BCUT2D eigenvalue weighted by molar-refractivity contribution is 6.44. The molecule has 0 heterocycles. The highest BCUT2D eigenvalue weighted by atomic mass is 35.5.